The molecule has 158 valence electrons. The van der Waals surface area contributed by atoms with Crippen LogP contribution in [0.5, 0.6) is 0 Å². The highest BCUT2D eigenvalue weighted by molar-refractivity contribution is 5.89. The number of rotatable bonds is 4. The van der Waals surface area contributed by atoms with E-state index in [0.29, 0.717) is 0 Å². The highest BCUT2D eigenvalue weighted by Gasteiger charge is 2.60. The molecule has 0 bridgehead atoms. The number of benzene rings is 1. The molecule has 3 aliphatic rings. The summed E-state index contributed by atoms with van der Waals surface area (Å²) < 4.78 is 35.0. The summed E-state index contributed by atoms with van der Waals surface area (Å²) in [4.78, 5) is 22.5. The zero-order valence-corrected chi connectivity index (χ0v) is 16.5. The smallest absolute Gasteiger partial charge is 0.338 e. The maximum atomic E-state index is 12.3. The van der Waals surface area contributed by atoms with Gasteiger partial charge >= 0.3 is 5.97 Å². The lowest BCUT2D eigenvalue weighted by molar-refractivity contribution is -0.384. The van der Waals surface area contributed by atoms with Crippen molar-refractivity contribution in [2.24, 2.45) is 0 Å². The number of nitro benzene ring substituents is 1. The van der Waals surface area contributed by atoms with Crippen LogP contribution >= 0.6 is 0 Å². The van der Waals surface area contributed by atoms with Gasteiger partial charge < -0.3 is 28.4 Å². The fourth-order valence-corrected chi connectivity index (χ4v) is 3.79. The molecule has 3 fully saturated rings. The quantitative estimate of drug-likeness (QED) is 0.419. The summed E-state index contributed by atoms with van der Waals surface area (Å²) >= 11 is 0. The minimum Gasteiger partial charge on any atom is -0.459 e. The number of hydrogen-bond donors (Lipinski definition) is 0. The Bertz CT molecular complexity index is 806. The lowest BCUT2D eigenvalue weighted by Gasteiger charge is -2.36. The molecule has 10 nitrogen and oxygen atoms in total. The molecule has 3 heterocycles. The van der Waals surface area contributed by atoms with Crippen LogP contribution in [0.15, 0.2) is 24.3 Å². The van der Waals surface area contributed by atoms with Gasteiger partial charge in [-0.1, -0.05) is 0 Å². The van der Waals surface area contributed by atoms with Crippen molar-refractivity contribution in [3.05, 3.63) is 39.9 Å². The molecule has 0 radical (unpaired) electrons. The van der Waals surface area contributed by atoms with Gasteiger partial charge in [-0.05, 0) is 39.8 Å². The molecule has 3 saturated heterocycles. The molecule has 0 aliphatic carbocycles. The zero-order valence-electron chi connectivity index (χ0n) is 16.5. The first-order chi connectivity index (χ1) is 13.5. The fourth-order valence-electron chi connectivity index (χ4n) is 3.79. The second-order valence-corrected chi connectivity index (χ2v) is 8.11. The first kappa shape index (κ1) is 20.2. The number of carbonyl (C=O) groups excluding carboxylic acids is 1. The maximum Gasteiger partial charge on any atom is 0.338 e. The summed E-state index contributed by atoms with van der Waals surface area (Å²) in [6, 6.07) is 5.18. The van der Waals surface area contributed by atoms with E-state index in [4.69, 9.17) is 28.4 Å². The lowest BCUT2D eigenvalue weighted by atomic mass is 9.99. The topological polar surface area (TPSA) is 116 Å². The minimum atomic E-state index is -0.843. The molecule has 4 rings (SSSR count). The fraction of sp³-hybridized carbons (Fsp3) is 0.632. The van der Waals surface area contributed by atoms with E-state index in [9.17, 15) is 14.9 Å². The van der Waals surface area contributed by atoms with Gasteiger partial charge in [0.25, 0.3) is 5.69 Å². The van der Waals surface area contributed by atoms with Crippen LogP contribution in [0.2, 0.25) is 0 Å². The second-order valence-electron chi connectivity index (χ2n) is 8.11. The van der Waals surface area contributed by atoms with E-state index < -0.39 is 53.2 Å². The SMILES string of the molecule is CC1(C)O[C@@H]2[C@@H](O1)[C@H](COC(=O)c1ccc([N+](=O)[O-])cc1)O[C@H]1OC(C)(C)O[C@@H]12. The second kappa shape index (κ2) is 6.99. The number of ether oxygens (including phenoxy) is 6. The standard InChI is InChI=1S/C19H23NO9/c1-18(2)26-13-12(25-17-15(14(13)27-18)28-19(3,4)29-17)9-24-16(21)10-5-7-11(8-6-10)20(22)23/h5-8,12-15,17H,9H2,1-4H3/t12-,13-,14+,15+,17-/m0/s1. The molecule has 5 atom stereocenters. The predicted octanol–water partition coefficient (Wildman–Crippen LogP) is 2.15. The van der Waals surface area contributed by atoms with E-state index in [2.05, 4.69) is 0 Å². The van der Waals surface area contributed by atoms with Crippen molar-refractivity contribution in [2.45, 2.75) is 70.0 Å². The minimum absolute atomic E-state index is 0.0938. The number of fused-ring (bicyclic) bond motifs is 3. The van der Waals surface area contributed by atoms with Gasteiger partial charge in [-0.25, -0.2) is 4.79 Å². The Balaban J connectivity index is 1.45. The molecule has 0 spiro atoms. The third kappa shape index (κ3) is 3.99. The van der Waals surface area contributed by atoms with Crippen molar-refractivity contribution in [1.29, 1.82) is 0 Å². The highest BCUT2D eigenvalue weighted by atomic mass is 16.9. The summed E-state index contributed by atoms with van der Waals surface area (Å²) in [5.74, 6) is -2.30. The van der Waals surface area contributed by atoms with Gasteiger partial charge in [-0.2, -0.15) is 0 Å². The molecule has 0 amide bonds. The number of hydrogen-bond acceptors (Lipinski definition) is 9. The first-order valence-corrected chi connectivity index (χ1v) is 9.33. The third-order valence-corrected chi connectivity index (χ3v) is 4.94. The van der Waals surface area contributed by atoms with Gasteiger partial charge in [0.05, 0.1) is 10.5 Å². The van der Waals surface area contributed by atoms with Crippen LogP contribution in [0.3, 0.4) is 0 Å². The van der Waals surface area contributed by atoms with E-state index in [1.54, 1.807) is 27.7 Å². The van der Waals surface area contributed by atoms with E-state index >= 15 is 0 Å². The number of esters is 1. The Labute approximate surface area is 167 Å². The number of nitrogens with zero attached hydrogens (tertiary/aromatic N) is 1. The van der Waals surface area contributed by atoms with Crippen molar-refractivity contribution in [3.63, 3.8) is 0 Å². The molecule has 3 aliphatic heterocycles. The third-order valence-electron chi connectivity index (χ3n) is 4.94. The van der Waals surface area contributed by atoms with Crippen molar-refractivity contribution in [3.8, 4) is 0 Å². The van der Waals surface area contributed by atoms with Crippen LogP contribution < -0.4 is 0 Å². The molecule has 1 aromatic carbocycles. The van der Waals surface area contributed by atoms with Crippen LogP contribution in [0.25, 0.3) is 0 Å². The Morgan fingerprint density at radius 3 is 2.24 bits per heavy atom. The molecule has 0 N–H and O–H groups in total. The van der Waals surface area contributed by atoms with Crippen molar-refractivity contribution in [1.82, 2.24) is 0 Å². The van der Waals surface area contributed by atoms with Crippen LogP contribution in [0.1, 0.15) is 38.1 Å². The van der Waals surface area contributed by atoms with Crippen LogP contribution in [0, 0.1) is 10.1 Å². The van der Waals surface area contributed by atoms with Crippen LogP contribution in [-0.4, -0.2) is 59.8 Å². The Morgan fingerprint density at radius 2 is 1.59 bits per heavy atom. The van der Waals surface area contributed by atoms with Crippen molar-refractivity contribution >= 4 is 11.7 Å². The average molecular weight is 409 g/mol. The number of nitro groups is 1. The monoisotopic (exact) mass is 409 g/mol. The molecule has 0 saturated carbocycles. The van der Waals surface area contributed by atoms with Crippen LogP contribution in [-0.2, 0) is 28.4 Å². The molecule has 29 heavy (non-hydrogen) atoms. The molecular formula is C19H23NO9. The molecular weight excluding hydrogens is 386 g/mol. The van der Waals surface area contributed by atoms with E-state index in [-0.39, 0.29) is 17.9 Å². The van der Waals surface area contributed by atoms with E-state index in [0.717, 1.165) is 0 Å². The predicted molar refractivity (Wildman–Crippen MR) is 95.9 cm³/mol. The molecule has 1 aromatic rings. The lowest BCUT2D eigenvalue weighted by Crippen LogP contribution is -2.56. The maximum absolute atomic E-state index is 12.3. The van der Waals surface area contributed by atoms with Gasteiger partial charge in [0.15, 0.2) is 17.9 Å². The van der Waals surface area contributed by atoms with Gasteiger partial charge in [-0.3, -0.25) is 10.1 Å². The summed E-state index contributed by atoms with van der Waals surface area (Å²) in [5.41, 5.74) is 0.0946. The van der Waals surface area contributed by atoms with Gasteiger partial charge in [0, 0.05) is 12.1 Å². The molecule has 0 unspecified atom stereocenters. The van der Waals surface area contributed by atoms with Gasteiger partial charge in [0.2, 0.25) is 0 Å². The van der Waals surface area contributed by atoms with Crippen molar-refractivity contribution in [2.75, 3.05) is 6.61 Å². The summed E-state index contributed by atoms with van der Waals surface area (Å²) in [7, 11) is 0. The normalized spacial score (nSPS) is 34.3. The van der Waals surface area contributed by atoms with Gasteiger partial charge in [-0.15, -0.1) is 0 Å². The number of carbonyl (C=O) groups is 1. The molecule has 0 aromatic heterocycles. The van der Waals surface area contributed by atoms with Gasteiger partial charge in [0.1, 0.15) is 31.0 Å². The van der Waals surface area contributed by atoms with Crippen molar-refractivity contribution < 1.29 is 38.1 Å². The largest absolute Gasteiger partial charge is 0.459 e. The Hall–Kier alpha value is -2.11. The van der Waals surface area contributed by atoms with E-state index in [1.165, 1.54) is 24.3 Å². The number of non-ortho nitro benzene ring substituents is 1. The highest BCUT2D eigenvalue weighted by Crippen LogP contribution is 2.44. The first-order valence-electron chi connectivity index (χ1n) is 9.33. The Kier molecular flexibility index (Phi) is 4.87. The summed E-state index contributed by atoms with van der Waals surface area (Å²) in [5, 5.41) is 10.7. The van der Waals surface area contributed by atoms with Crippen LogP contribution in [0.4, 0.5) is 5.69 Å². The average Bonchev–Trinajstić information content (AvgIpc) is 3.13. The zero-order chi connectivity index (χ0) is 21.0. The Morgan fingerprint density at radius 1 is 1.00 bits per heavy atom. The van der Waals surface area contributed by atoms with E-state index in [1.807, 2.05) is 0 Å². The molecule has 10 heteroatoms. The summed E-state index contributed by atoms with van der Waals surface area (Å²) in [6.45, 7) is 7.06. The summed E-state index contributed by atoms with van der Waals surface area (Å²) in [6.07, 6.45) is -2.70.